The largest absolute Gasteiger partial charge is 0.456 e. The first-order chi connectivity index (χ1) is 11.6. The number of hydrogen-bond acceptors (Lipinski definition) is 2. The SMILES string of the molecule is Cc1ccccc1N1[C@@H](C)c2c(oc3ccn(C)c23)C12CCCC2. The molecule has 1 spiro atoms. The van der Waals surface area contributed by atoms with Gasteiger partial charge in [0.05, 0.1) is 17.1 Å². The van der Waals surface area contributed by atoms with Crippen LogP contribution in [0.15, 0.2) is 40.9 Å². The number of aromatic nitrogens is 1. The second-order valence-electron chi connectivity index (χ2n) is 7.56. The van der Waals surface area contributed by atoms with Crippen LogP contribution in [0.5, 0.6) is 0 Å². The lowest BCUT2D eigenvalue weighted by Crippen LogP contribution is -2.40. The third kappa shape index (κ3) is 1.58. The fraction of sp³-hybridized carbons (Fsp3) is 0.429. The number of hydrogen-bond donors (Lipinski definition) is 0. The van der Waals surface area contributed by atoms with Gasteiger partial charge in [-0.2, -0.15) is 0 Å². The lowest BCUT2D eigenvalue weighted by Gasteiger charge is -2.40. The van der Waals surface area contributed by atoms with E-state index >= 15 is 0 Å². The Morgan fingerprint density at radius 2 is 1.88 bits per heavy atom. The summed E-state index contributed by atoms with van der Waals surface area (Å²) in [5.74, 6) is 1.23. The molecule has 3 aromatic rings. The smallest absolute Gasteiger partial charge is 0.152 e. The summed E-state index contributed by atoms with van der Waals surface area (Å²) in [6.07, 6.45) is 7.06. The molecule has 1 saturated carbocycles. The van der Waals surface area contributed by atoms with Crippen molar-refractivity contribution in [2.24, 2.45) is 7.05 Å². The van der Waals surface area contributed by atoms with Crippen molar-refractivity contribution in [3.8, 4) is 0 Å². The van der Waals surface area contributed by atoms with E-state index in [4.69, 9.17) is 4.42 Å². The average Bonchev–Trinajstić information content (AvgIpc) is 3.29. The van der Waals surface area contributed by atoms with Gasteiger partial charge in [-0.05, 0) is 44.4 Å². The van der Waals surface area contributed by atoms with Crippen LogP contribution in [0.4, 0.5) is 5.69 Å². The summed E-state index contributed by atoms with van der Waals surface area (Å²) in [5, 5.41) is 0. The predicted molar refractivity (Wildman–Crippen MR) is 97.4 cm³/mol. The molecule has 3 heterocycles. The number of benzene rings is 1. The van der Waals surface area contributed by atoms with Crippen molar-refractivity contribution in [3.63, 3.8) is 0 Å². The number of nitrogens with zero attached hydrogens (tertiary/aromatic N) is 2. The summed E-state index contributed by atoms with van der Waals surface area (Å²) >= 11 is 0. The Morgan fingerprint density at radius 3 is 2.62 bits per heavy atom. The first-order valence-corrected chi connectivity index (χ1v) is 9.07. The summed E-state index contributed by atoms with van der Waals surface area (Å²) in [5.41, 5.74) is 6.48. The van der Waals surface area contributed by atoms with Crippen LogP contribution in [0.2, 0.25) is 0 Å². The molecule has 0 amide bonds. The van der Waals surface area contributed by atoms with E-state index in [0.29, 0.717) is 6.04 Å². The highest BCUT2D eigenvalue weighted by molar-refractivity contribution is 5.83. The van der Waals surface area contributed by atoms with E-state index < -0.39 is 0 Å². The van der Waals surface area contributed by atoms with E-state index in [2.05, 4.69) is 66.9 Å². The third-order valence-electron chi connectivity index (χ3n) is 6.24. The van der Waals surface area contributed by atoms with Gasteiger partial charge in [0.25, 0.3) is 0 Å². The highest BCUT2D eigenvalue weighted by atomic mass is 16.3. The van der Waals surface area contributed by atoms with Gasteiger partial charge in [-0.15, -0.1) is 0 Å². The van der Waals surface area contributed by atoms with Crippen molar-refractivity contribution in [3.05, 3.63) is 53.4 Å². The Kier molecular flexibility index (Phi) is 2.77. The molecule has 1 aromatic carbocycles. The quantitative estimate of drug-likeness (QED) is 0.596. The number of aryl methyl sites for hydroxylation is 2. The molecule has 1 aliphatic heterocycles. The molecule has 3 nitrogen and oxygen atoms in total. The lowest BCUT2D eigenvalue weighted by molar-refractivity contribution is 0.348. The zero-order chi connectivity index (χ0) is 16.5. The van der Waals surface area contributed by atoms with E-state index in [9.17, 15) is 0 Å². The van der Waals surface area contributed by atoms with Crippen LogP contribution in [0, 0.1) is 6.92 Å². The monoisotopic (exact) mass is 320 g/mol. The van der Waals surface area contributed by atoms with Crippen LogP contribution in [0.25, 0.3) is 11.1 Å². The number of anilines is 1. The molecule has 2 aromatic heterocycles. The van der Waals surface area contributed by atoms with Gasteiger partial charge in [-0.25, -0.2) is 0 Å². The van der Waals surface area contributed by atoms with Crippen molar-refractivity contribution >= 4 is 16.8 Å². The molecule has 3 heteroatoms. The van der Waals surface area contributed by atoms with E-state index in [1.54, 1.807) is 0 Å². The van der Waals surface area contributed by atoms with E-state index in [1.807, 2.05) is 0 Å². The second kappa shape index (κ2) is 4.69. The van der Waals surface area contributed by atoms with Gasteiger partial charge in [0.2, 0.25) is 0 Å². The molecular formula is C21H24N2O. The number of rotatable bonds is 1. The summed E-state index contributed by atoms with van der Waals surface area (Å²) in [7, 11) is 2.13. The number of furan rings is 1. The Hall–Kier alpha value is -2.16. The summed E-state index contributed by atoms with van der Waals surface area (Å²) in [6, 6.07) is 11.3. The highest BCUT2D eigenvalue weighted by Crippen LogP contribution is 2.58. The van der Waals surface area contributed by atoms with Crippen molar-refractivity contribution in [1.82, 2.24) is 4.57 Å². The van der Waals surface area contributed by atoms with Gasteiger partial charge >= 0.3 is 0 Å². The van der Waals surface area contributed by atoms with E-state index in [0.717, 1.165) is 5.58 Å². The van der Waals surface area contributed by atoms with Crippen LogP contribution in [-0.4, -0.2) is 4.57 Å². The first kappa shape index (κ1) is 14.2. The molecule has 0 N–H and O–H groups in total. The van der Waals surface area contributed by atoms with Crippen molar-refractivity contribution in [2.75, 3.05) is 4.90 Å². The minimum absolute atomic E-state index is 0.0416. The van der Waals surface area contributed by atoms with Gasteiger partial charge in [-0.3, -0.25) is 0 Å². The molecule has 124 valence electrons. The van der Waals surface area contributed by atoms with Gasteiger partial charge < -0.3 is 13.9 Å². The van der Waals surface area contributed by atoms with Gasteiger partial charge in [-0.1, -0.05) is 31.0 Å². The van der Waals surface area contributed by atoms with Gasteiger partial charge in [0.15, 0.2) is 5.58 Å². The van der Waals surface area contributed by atoms with E-state index in [-0.39, 0.29) is 5.54 Å². The van der Waals surface area contributed by atoms with E-state index in [1.165, 1.54) is 53.8 Å². The molecule has 1 aliphatic carbocycles. The first-order valence-electron chi connectivity index (χ1n) is 9.07. The van der Waals surface area contributed by atoms with Crippen LogP contribution in [0.3, 0.4) is 0 Å². The topological polar surface area (TPSA) is 21.3 Å². The zero-order valence-electron chi connectivity index (χ0n) is 14.7. The van der Waals surface area contributed by atoms with Crippen molar-refractivity contribution in [2.45, 2.75) is 51.1 Å². The summed E-state index contributed by atoms with van der Waals surface area (Å²) in [4.78, 5) is 2.66. The molecule has 24 heavy (non-hydrogen) atoms. The molecular weight excluding hydrogens is 296 g/mol. The minimum atomic E-state index is 0.0416. The Morgan fingerprint density at radius 1 is 1.12 bits per heavy atom. The Balaban J connectivity index is 1.80. The van der Waals surface area contributed by atoms with Crippen LogP contribution in [0.1, 0.15) is 55.5 Å². The normalized spacial score (nSPS) is 22.0. The predicted octanol–water partition coefficient (Wildman–Crippen LogP) is 5.43. The molecule has 2 aliphatic rings. The van der Waals surface area contributed by atoms with Gasteiger partial charge in [0.1, 0.15) is 5.76 Å². The fourth-order valence-corrected chi connectivity index (χ4v) is 5.23. The molecule has 1 fully saturated rings. The molecule has 0 unspecified atom stereocenters. The third-order valence-corrected chi connectivity index (χ3v) is 6.24. The minimum Gasteiger partial charge on any atom is -0.456 e. The zero-order valence-corrected chi connectivity index (χ0v) is 14.7. The van der Waals surface area contributed by atoms with Crippen LogP contribution >= 0.6 is 0 Å². The standard InChI is InChI=1S/C21H24N2O/c1-14-8-4-5-9-16(14)23-15(2)18-19-17(10-13-22(19)3)24-20(18)21(23)11-6-7-12-21/h4-5,8-10,13,15H,6-7,11-12H2,1-3H3/t15-/m0/s1. The highest BCUT2D eigenvalue weighted by Gasteiger charge is 2.54. The maximum atomic E-state index is 6.47. The summed E-state index contributed by atoms with van der Waals surface area (Å²) < 4.78 is 8.69. The Bertz CT molecular complexity index is 927. The molecule has 5 rings (SSSR count). The maximum absolute atomic E-state index is 6.47. The molecule has 1 atom stereocenters. The van der Waals surface area contributed by atoms with Crippen LogP contribution in [-0.2, 0) is 12.6 Å². The van der Waals surface area contributed by atoms with Crippen LogP contribution < -0.4 is 4.90 Å². The average molecular weight is 320 g/mol. The van der Waals surface area contributed by atoms with Gasteiger partial charge in [0, 0.05) is 24.5 Å². The lowest BCUT2D eigenvalue weighted by atomic mass is 9.93. The number of fused-ring (bicyclic) bond motifs is 4. The molecule has 0 saturated heterocycles. The maximum Gasteiger partial charge on any atom is 0.152 e. The van der Waals surface area contributed by atoms with Crippen molar-refractivity contribution < 1.29 is 4.42 Å². The van der Waals surface area contributed by atoms with Crippen molar-refractivity contribution in [1.29, 1.82) is 0 Å². The summed E-state index contributed by atoms with van der Waals surface area (Å²) in [6.45, 7) is 4.57. The number of para-hydroxylation sites is 1. The Labute approximate surface area is 142 Å². The molecule has 0 radical (unpaired) electrons. The fourth-order valence-electron chi connectivity index (χ4n) is 5.23. The molecule has 0 bridgehead atoms. The second-order valence-corrected chi connectivity index (χ2v) is 7.56.